The summed E-state index contributed by atoms with van der Waals surface area (Å²) < 4.78 is 0. The van der Waals surface area contributed by atoms with Crippen LogP contribution in [0.1, 0.15) is 33.6 Å². The Morgan fingerprint density at radius 2 is 2.21 bits per heavy atom. The smallest absolute Gasteiger partial charge is 0.229 e. The van der Waals surface area contributed by atoms with E-state index in [1.807, 2.05) is 18.7 Å². The van der Waals surface area contributed by atoms with Crippen LogP contribution in [0.25, 0.3) is 0 Å². The van der Waals surface area contributed by atoms with Gasteiger partial charge in [0.25, 0.3) is 0 Å². The lowest BCUT2D eigenvalue weighted by molar-refractivity contribution is -0.141. The molecule has 1 rings (SSSR count). The second kappa shape index (κ2) is 4.30. The predicted octanol–water partition coefficient (Wildman–Crippen LogP) is 1.23. The Labute approximate surface area is 86.6 Å². The van der Waals surface area contributed by atoms with Gasteiger partial charge in [0.1, 0.15) is 0 Å². The van der Waals surface area contributed by atoms with Crippen LogP contribution in [0.3, 0.4) is 0 Å². The normalized spacial score (nSPS) is 23.7. The van der Waals surface area contributed by atoms with Crippen LogP contribution in [-0.4, -0.2) is 30.4 Å². The van der Waals surface area contributed by atoms with Gasteiger partial charge in [-0.2, -0.15) is 0 Å². The van der Waals surface area contributed by atoms with Gasteiger partial charge in [0.15, 0.2) is 0 Å². The average Bonchev–Trinajstić information content (AvgIpc) is 2.16. The molecule has 1 fully saturated rings. The third-order valence-electron chi connectivity index (χ3n) is 3.03. The van der Waals surface area contributed by atoms with Crippen molar-refractivity contribution in [2.24, 2.45) is 17.1 Å². The van der Waals surface area contributed by atoms with Gasteiger partial charge in [0.05, 0.1) is 5.41 Å². The van der Waals surface area contributed by atoms with E-state index in [2.05, 4.69) is 6.92 Å². The number of nitrogens with two attached hydrogens (primary N) is 1. The fourth-order valence-electron chi connectivity index (χ4n) is 1.89. The summed E-state index contributed by atoms with van der Waals surface area (Å²) in [4.78, 5) is 14.0. The van der Waals surface area contributed by atoms with Crippen molar-refractivity contribution in [1.82, 2.24) is 4.90 Å². The van der Waals surface area contributed by atoms with Crippen LogP contribution < -0.4 is 5.73 Å². The van der Waals surface area contributed by atoms with E-state index >= 15 is 0 Å². The first-order valence-corrected chi connectivity index (χ1v) is 5.47. The van der Waals surface area contributed by atoms with Crippen LogP contribution in [0, 0.1) is 11.3 Å². The zero-order valence-electron chi connectivity index (χ0n) is 9.55. The molecule has 0 saturated carbocycles. The maximum atomic E-state index is 12.0. The van der Waals surface area contributed by atoms with Crippen molar-refractivity contribution in [2.45, 2.75) is 33.6 Å². The third kappa shape index (κ3) is 2.47. The highest BCUT2D eigenvalue weighted by Gasteiger charge is 2.32. The molecule has 2 N–H and O–H groups in total. The van der Waals surface area contributed by atoms with Gasteiger partial charge in [-0.1, -0.05) is 6.92 Å². The maximum absolute atomic E-state index is 12.0. The molecule has 1 amide bonds. The van der Waals surface area contributed by atoms with Gasteiger partial charge in [0, 0.05) is 19.6 Å². The molecule has 1 atom stereocenters. The molecular weight excluding hydrogens is 176 g/mol. The average molecular weight is 198 g/mol. The number of likely N-dealkylation sites (tertiary alicyclic amines) is 1. The molecule has 0 aliphatic carbocycles. The van der Waals surface area contributed by atoms with Gasteiger partial charge in [0.2, 0.25) is 5.91 Å². The van der Waals surface area contributed by atoms with Gasteiger partial charge in [-0.15, -0.1) is 0 Å². The van der Waals surface area contributed by atoms with Crippen molar-refractivity contribution in [3.8, 4) is 0 Å². The van der Waals surface area contributed by atoms with Crippen molar-refractivity contribution in [3.63, 3.8) is 0 Å². The van der Waals surface area contributed by atoms with E-state index in [1.165, 1.54) is 6.42 Å². The van der Waals surface area contributed by atoms with E-state index < -0.39 is 5.41 Å². The number of hydrogen-bond acceptors (Lipinski definition) is 2. The highest BCUT2D eigenvalue weighted by atomic mass is 16.2. The van der Waals surface area contributed by atoms with Gasteiger partial charge in [-0.25, -0.2) is 0 Å². The fraction of sp³-hybridized carbons (Fsp3) is 0.909. The lowest BCUT2D eigenvalue weighted by Crippen LogP contribution is -2.48. The fourth-order valence-corrected chi connectivity index (χ4v) is 1.89. The maximum Gasteiger partial charge on any atom is 0.229 e. The Morgan fingerprint density at radius 3 is 2.71 bits per heavy atom. The minimum Gasteiger partial charge on any atom is -0.342 e. The summed E-state index contributed by atoms with van der Waals surface area (Å²) in [5, 5.41) is 0. The number of nitrogens with zero attached hydrogens (tertiary/aromatic N) is 1. The molecule has 3 nitrogen and oxygen atoms in total. The molecule has 0 bridgehead atoms. The molecule has 0 aromatic rings. The van der Waals surface area contributed by atoms with Crippen LogP contribution >= 0.6 is 0 Å². The first-order valence-electron chi connectivity index (χ1n) is 5.47. The summed E-state index contributed by atoms with van der Waals surface area (Å²) in [6, 6.07) is 0. The van der Waals surface area contributed by atoms with Crippen molar-refractivity contribution < 1.29 is 4.79 Å². The minimum atomic E-state index is -0.392. The van der Waals surface area contributed by atoms with Crippen LogP contribution in [0.4, 0.5) is 0 Å². The number of carbonyl (C=O) groups excluding carboxylic acids is 1. The monoisotopic (exact) mass is 198 g/mol. The van der Waals surface area contributed by atoms with E-state index in [1.54, 1.807) is 0 Å². The molecule has 3 heteroatoms. The van der Waals surface area contributed by atoms with Crippen LogP contribution in [0.5, 0.6) is 0 Å². The molecular formula is C11H22N2O. The number of carbonyl (C=O) groups is 1. The lowest BCUT2D eigenvalue weighted by atomic mass is 9.90. The molecule has 1 saturated heterocycles. The molecule has 1 aliphatic heterocycles. The van der Waals surface area contributed by atoms with E-state index in [0.717, 1.165) is 19.5 Å². The first-order chi connectivity index (χ1) is 6.47. The summed E-state index contributed by atoms with van der Waals surface area (Å²) in [7, 11) is 0. The number of rotatable bonds is 2. The lowest BCUT2D eigenvalue weighted by Gasteiger charge is -2.36. The molecule has 0 radical (unpaired) electrons. The van der Waals surface area contributed by atoms with Crippen molar-refractivity contribution >= 4 is 5.91 Å². The van der Waals surface area contributed by atoms with Crippen molar-refractivity contribution in [1.29, 1.82) is 0 Å². The first kappa shape index (κ1) is 11.5. The van der Waals surface area contributed by atoms with Gasteiger partial charge in [-0.05, 0) is 32.6 Å². The van der Waals surface area contributed by atoms with E-state index in [0.29, 0.717) is 12.5 Å². The van der Waals surface area contributed by atoms with E-state index in [-0.39, 0.29) is 5.91 Å². The quantitative estimate of drug-likeness (QED) is 0.725. The molecule has 14 heavy (non-hydrogen) atoms. The molecule has 0 unspecified atom stereocenters. The SMILES string of the molecule is C[C@H]1CCCN(C(=O)C(C)(C)CN)C1. The Kier molecular flexibility index (Phi) is 3.53. The minimum absolute atomic E-state index is 0.214. The molecule has 0 spiro atoms. The Bertz CT molecular complexity index is 213. The van der Waals surface area contributed by atoms with E-state index in [4.69, 9.17) is 5.73 Å². The van der Waals surface area contributed by atoms with Gasteiger partial charge >= 0.3 is 0 Å². The van der Waals surface area contributed by atoms with Gasteiger partial charge in [-0.3, -0.25) is 4.79 Å². The topological polar surface area (TPSA) is 46.3 Å². The molecule has 0 aromatic heterocycles. The predicted molar refractivity (Wildman–Crippen MR) is 57.8 cm³/mol. The standard InChI is InChI=1S/C11H22N2O/c1-9-5-4-6-13(7-9)10(14)11(2,3)8-12/h9H,4-8,12H2,1-3H3/t9-/m0/s1. The molecule has 1 heterocycles. The number of hydrogen-bond donors (Lipinski definition) is 1. The second-order valence-electron chi connectivity index (χ2n) is 5.09. The summed E-state index contributed by atoms with van der Waals surface area (Å²) >= 11 is 0. The van der Waals surface area contributed by atoms with Gasteiger partial charge < -0.3 is 10.6 Å². The van der Waals surface area contributed by atoms with Crippen LogP contribution in [0.2, 0.25) is 0 Å². The summed E-state index contributed by atoms with van der Waals surface area (Å²) in [6.07, 6.45) is 2.38. The Balaban J connectivity index is 2.60. The zero-order valence-corrected chi connectivity index (χ0v) is 9.55. The van der Waals surface area contributed by atoms with Crippen molar-refractivity contribution in [2.75, 3.05) is 19.6 Å². The highest BCUT2D eigenvalue weighted by molar-refractivity contribution is 5.82. The Morgan fingerprint density at radius 1 is 1.57 bits per heavy atom. The third-order valence-corrected chi connectivity index (χ3v) is 3.03. The van der Waals surface area contributed by atoms with Crippen LogP contribution in [0.15, 0.2) is 0 Å². The van der Waals surface area contributed by atoms with Crippen molar-refractivity contribution in [3.05, 3.63) is 0 Å². The summed E-state index contributed by atoms with van der Waals surface area (Å²) in [6.45, 7) is 8.30. The molecule has 0 aromatic carbocycles. The zero-order chi connectivity index (χ0) is 10.8. The van der Waals surface area contributed by atoms with E-state index in [9.17, 15) is 4.79 Å². The largest absolute Gasteiger partial charge is 0.342 e. The highest BCUT2D eigenvalue weighted by Crippen LogP contribution is 2.22. The number of piperidine rings is 1. The summed E-state index contributed by atoms with van der Waals surface area (Å²) in [5.74, 6) is 0.854. The second-order valence-corrected chi connectivity index (χ2v) is 5.09. The Hall–Kier alpha value is -0.570. The molecule has 82 valence electrons. The number of amides is 1. The summed E-state index contributed by atoms with van der Waals surface area (Å²) in [5.41, 5.74) is 5.21. The molecule has 1 aliphatic rings. The van der Waals surface area contributed by atoms with Crippen LogP contribution in [-0.2, 0) is 4.79 Å².